The zero-order chi connectivity index (χ0) is 12.4. The van der Waals surface area contributed by atoms with E-state index in [0.717, 1.165) is 31.7 Å². The van der Waals surface area contributed by atoms with Crippen molar-refractivity contribution in [1.82, 2.24) is 19.9 Å². The molecule has 0 saturated carbocycles. The highest BCUT2D eigenvalue weighted by molar-refractivity contribution is 5.06. The zero-order valence-corrected chi connectivity index (χ0v) is 10.4. The first-order chi connectivity index (χ1) is 8.81. The number of nitrogens with zero attached hydrogens (tertiary/aromatic N) is 4. The van der Waals surface area contributed by atoms with Crippen molar-refractivity contribution in [1.29, 1.82) is 0 Å². The van der Waals surface area contributed by atoms with Crippen LogP contribution in [0.25, 0.3) is 0 Å². The number of rotatable bonds is 4. The van der Waals surface area contributed by atoms with Gasteiger partial charge < -0.3 is 9.26 Å². The van der Waals surface area contributed by atoms with Crippen LogP contribution in [0.1, 0.15) is 29.6 Å². The molecule has 1 aliphatic heterocycles. The van der Waals surface area contributed by atoms with Gasteiger partial charge in [0, 0.05) is 32.2 Å². The molecule has 0 amide bonds. The van der Waals surface area contributed by atoms with Crippen molar-refractivity contribution in [3.8, 4) is 0 Å². The number of hydrogen-bond acceptors (Lipinski definition) is 5. The Balaban J connectivity index is 1.59. The summed E-state index contributed by atoms with van der Waals surface area (Å²) in [5.41, 5.74) is 1.18. The van der Waals surface area contributed by atoms with Gasteiger partial charge in [0.25, 0.3) is 0 Å². The monoisotopic (exact) mass is 248 g/mol. The molecule has 0 spiro atoms. The summed E-state index contributed by atoms with van der Waals surface area (Å²) in [5.74, 6) is 1.79. The Hall–Kier alpha value is -1.69. The summed E-state index contributed by atoms with van der Waals surface area (Å²) in [6.07, 6.45) is 6.48. The summed E-state index contributed by atoms with van der Waals surface area (Å²) in [4.78, 5) is 4.43. The minimum Gasteiger partial charge on any atom is -0.381 e. The maximum atomic E-state index is 5.32. The van der Waals surface area contributed by atoms with Crippen molar-refractivity contribution in [3.63, 3.8) is 0 Å². The molecule has 0 aliphatic carbocycles. The van der Waals surface area contributed by atoms with Crippen molar-refractivity contribution in [2.75, 3.05) is 13.2 Å². The Morgan fingerprint density at radius 3 is 3.11 bits per heavy atom. The summed E-state index contributed by atoms with van der Waals surface area (Å²) in [5, 5.41) is 8.16. The van der Waals surface area contributed by atoms with Crippen molar-refractivity contribution >= 4 is 0 Å². The van der Waals surface area contributed by atoms with Crippen molar-refractivity contribution in [3.05, 3.63) is 29.7 Å². The minimum absolute atomic E-state index is 0.306. The van der Waals surface area contributed by atoms with Crippen LogP contribution in [0.3, 0.4) is 0 Å². The van der Waals surface area contributed by atoms with Crippen LogP contribution in [0.5, 0.6) is 0 Å². The number of hydrogen-bond donors (Lipinski definition) is 0. The van der Waals surface area contributed by atoms with Gasteiger partial charge in [0.1, 0.15) is 0 Å². The SMILES string of the molecule is Cn1cc(CCc2nc([C@H]3CCOC3)no2)cn1. The molecule has 3 rings (SSSR count). The molecule has 1 aliphatic rings. The summed E-state index contributed by atoms with van der Waals surface area (Å²) in [7, 11) is 1.91. The van der Waals surface area contributed by atoms with Gasteiger partial charge in [0.15, 0.2) is 5.82 Å². The van der Waals surface area contributed by atoms with Crippen LogP contribution in [0, 0.1) is 0 Å². The summed E-state index contributed by atoms with van der Waals surface area (Å²) in [6.45, 7) is 1.51. The zero-order valence-electron chi connectivity index (χ0n) is 10.4. The molecule has 0 radical (unpaired) electrons. The van der Waals surface area contributed by atoms with Gasteiger partial charge in [-0.1, -0.05) is 5.16 Å². The Kier molecular flexibility index (Phi) is 3.10. The lowest BCUT2D eigenvalue weighted by atomic mass is 10.1. The quantitative estimate of drug-likeness (QED) is 0.810. The average molecular weight is 248 g/mol. The average Bonchev–Trinajstić information content (AvgIpc) is 3.07. The van der Waals surface area contributed by atoms with Crippen LogP contribution in [-0.4, -0.2) is 33.1 Å². The molecule has 3 heterocycles. The van der Waals surface area contributed by atoms with Crippen molar-refractivity contribution < 1.29 is 9.26 Å². The highest BCUT2D eigenvalue weighted by atomic mass is 16.5. The third-order valence-corrected chi connectivity index (χ3v) is 3.16. The van der Waals surface area contributed by atoms with Gasteiger partial charge in [-0.3, -0.25) is 4.68 Å². The predicted molar refractivity (Wildman–Crippen MR) is 63.1 cm³/mol. The Bertz CT molecular complexity index is 514. The summed E-state index contributed by atoms with van der Waals surface area (Å²) >= 11 is 0. The molecule has 0 N–H and O–H groups in total. The van der Waals surface area contributed by atoms with Crippen LogP contribution in [-0.2, 0) is 24.6 Å². The molecule has 18 heavy (non-hydrogen) atoms. The smallest absolute Gasteiger partial charge is 0.226 e. The normalized spacial score (nSPS) is 19.5. The number of ether oxygens (including phenoxy) is 1. The van der Waals surface area contributed by atoms with E-state index < -0.39 is 0 Å². The molecule has 1 saturated heterocycles. The first-order valence-corrected chi connectivity index (χ1v) is 6.19. The minimum atomic E-state index is 0.306. The van der Waals surface area contributed by atoms with Gasteiger partial charge in [0.2, 0.25) is 5.89 Å². The summed E-state index contributed by atoms with van der Waals surface area (Å²) in [6, 6.07) is 0. The molecule has 1 fully saturated rings. The van der Waals surface area contributed by atoms with E-state index in [2.05, 4.69) is 15.2 Å². The summed E-state index contributed by atoms with van der Waals surface area (Å²) < 4.78 is 12.4. The first kappa shape index (κ1) is 11.4. The topological polar surface area (TPSA) is 66.0 Å². The molecule has 0 bridgehead atoms. The predicted octanol–water partition coefficient (Wildman–Crippen LogP) is 1.09. The molecule has 1 atom stereocenters. The molecule has 96 valence electrons. The van der Waals surface area contributed by atoms with Gasteiger partial charge in [0.05, 0.1) is 12.8 Å². The Morgan fingerprint density at radius 1 is 1.44 bits per heavy atom. The van der Waals surface area contributed by atoms with E-state index in [1.54, 1.807) is 4.68 Å². The van der Waals surface area contributed by atoms with Crippen LogP contribution in [0.2, 0.25) is 0 Å². The lowest BCUT2D eigenvalue weighted by Crippen LogP contribution is -2.00. The highest BCUT2D eigenvalue weighted by Crippen LogP contribution is 2.22. The van der Waals surface area contributed by atoms with E-state index in [1.165, 1.54) is 5.56 Å². The molecular weight excluding hydrogens is 232 g/mol. The Morgan fingerprint density at radius 2 is 2.39 bits per heavy atom. The van der Waals surface area contributed by atoms with Crippen LogP contribution < -0.4 is 0 Å². The fourth-order valence-corrected chi connectivity index (χ4v) is 2.13. The third-order valence-electron chi connectivity index (χ3n) is 3.16. The maximum absolute atomic E-state index is 5.32. The van der Waals surface area contributed by atoms with Gasteiger partial charge in [-0.2, -0.15) is 10.1 Å². The van der Waals surface area contributed by atoms with Crippen molar-refractivity contribution in [2.45, 2.75) is 25.2 Å². The van der Waals surface area contributed by atoms with E-state index in [-0.39, 0.29) is 0 Å². The molecule has 6 nitrogen and oxygen atoms in total. The van der Waals surface area contributed by atoms with Gasteiger partial charge in [-0.25, -0.2) is 0 Å². The third kappa shape index (κ3) is 2.43. The molecule has 0 aromatic carbocycles. The molecule has 2 aromatic heterocycles. The first-order valence-electron chi connectivity index (χ1n) is 6.19. The molecular formula is C12H16N4O2. The van der Waals surface area contributed by atoms with E-state index >= 15 is 0 Å². The molecule has 0 unspecified atom stereocenters. The van der Waals surface area contributed by atoms with Crippen molar-refractivity contribution in [2.24, 2.45) is 7.05 Å². The number of aryl methyl sites for hydroxylation is 3. The molecule has 6 heteroatoms. The van der Waals surface area contributed by atoms with E-state index in [1.807, 2.05) is 19.4 Å². The largest absolute Gasteiger partial charge is 0.381 e. The van der Waals surface area contributed by atoms with E-state index in [4.69, 9.17) is 9.26 Å². The van der Waals surface area contributed by atoms with E-state index in [0.29, 0.717) is 18.4 Å². The standard InChI is InChI=1S/C12H16N4O2/c1-16-7-9(6-13-16)2-3-11-14-12(15-18-11)10-4-5-17-8-10/h6-7,10H,2-5,8H2,1H3/t10-/m0/s1. The lowest BCUT2D eigenvalue weighted by molar-refractivity contribution is 0.192. The van der Waals surface area contributed by atoms with Gasteiger partial charge >= 0.3 is 0 Å². The maximum Gasteiger partial charge on any atom is 0.226 e. The van der Waals surface area contributed by atoms with Crippen LogP contribution in [0.15, 0.2) is 16.9 Å². The highest BCUT2D eigenvalue weighted by Gasteiger charge is 2.22. The second-order valence-corrected chi connectivity index (χ2v) is 4.63. The van der Waals surface area contributed by atoms with Gasteiger partial charge in [-0.15, -0.1) is 0 Å². The second-order valence-electron chi connectivity index (χ2n) is 4.63. The lowest BCUT2D eigenvalue weighted by Gasteiger charge is -1.97. The van der Waals surface area contributed by atoms with Gasteiger partial charge in [-0.05, 0) is 18.4 Å². The number of aromatic nitrogens is 4. The fourth-order valence-electron chi connectivity index (χ4n) is 2.13. The van der Waals surface area contributed by atoms with Crippen LogP contribution >= 0.6 is 0 Å². The molecule has 2 aromatic rings. The van der Waals surface area contributed by atoms with E-state index in [9.17, 15) is 0 Å². The second kappa shape index (κ2) is 4.89. The Labute approximate surface area is 105 Å². The van der Waals surface area contributed by atoms with Crippen LogP contribution in [0.4, 0.5) is 0 Å². The fraction of sp³-hybridized carbons (Fsp3) is 0.583.